The van der Waals surface area contributed by atoms with Gasteiger partial charge in [0.25, 0.3) is 0 Å². The predicted octanol–water partition coefficient (Wildman–Crippen LogP) is 1.03. The molecule has 1 aromatic carbocycles. The molecule has 1 aromatic heterocycles. The van der Waals surface area contributed by atoms with Gasteiger partial charge in [-0.25, -0.2) is 13.1 Å². The molecule has 0 bridgehead atoms. The maximum Gasteiger partial charge on any atom is 0.242 e. The van der Waals surface area contributed by atoms with Crippen molar-refractivity contribution in [2.75, 3.05) is 20.1 Å². The van der Waals surface area contributed by atoms with Crippen LogP contribution in [0, 0.1) is 6.92 Å². The first-order chi connectivity index (χ1) is 12.0. The summed E-state index contributed by atoms with van der Waals surface area (Å²) in [5, 5.41) is 6.29. The van der Waals surface area contributed by atoms with Crippen molar-refractivity contribution in [3.05, 3.63) is 59.9 Å². The van der Waals surface area contributed by atoms with Gasteiger partial charge < -0.3 is 10.6 Å². The molecule has 0 aliphatic carbocycles. The second kappa shape index (κ2) is 9.14. The SMILES string of the molecule is CN=C(NCCNS(=O)(=O)c1cccnc1)NCc1ccccc1C. The lowest BCUT2D eigenvalue weighted by atomic mass is 10.1. The number of rotatable bonds is 7. The van der Waals surface area contributed by atoms with Crippen LogP contribution in [-0.4, -0.2) is 39.5 Å². The molecule has 25 heavy (non-hydrogen) atoms. The summed E-state index contributed by atoms with van der Waals surface area (Å²) in [6, 6.07) is 11.2. The van der Waals surface area contributed by atoms with Crippen molar-refractivity contribution in [1.82, 2.24) is 20.3 Å². The van der Waals surface area contributed by atoms with Crippen LogP contribution in [0.2, 0.25) is 0 Å². The molecule has 134 valence electrons. The maximum atomic E-state index is 12.1. The van der Waals surface area contributed by atoms with Crippen molar-refractivity contribution in [1.29, 1.82) is 0 Å². The van der Waals surface area contributed by atoms with E-state index < -0.39 is 10.0 Å². The van der Waals surface area contributed by atoms with Crippen molar-refractivity contribution in [3.8, 4) is 0 Å². The van der Waals surface area contributed by atoms with Crippen molar-refractivity contribution in [2.24, 2.45) is 4.99 Å². The highest BCUT2D eigenvalue weighted by molar-refractivity contribution is 7.89. The third kappa shape index (κ3) is 5.84. The number of aliphatic imine (C=N–C) groups is 1. The number of hydrogen-bond acceptors (Lipinski definition) is 4. The summed E-state index contributed by atoms with van der Waals surface area (Å²) in [5.41, 5.74) is 2.39. The Labute approximate surface area is 148 Å². The summed E-state index contributed by atoms with van der Waals surface area (Å²) >= 11 is 0. The van der Waals surface area contributed by atoms with Gasteiger partial charge in [0, 0.05) is 39.1 Å². The molecule has 0 amide bonds. The number of nitrogens with one attached hydrogen (secondary N) is 3. The van der Waals surface area contributed by atoms with Crippen LogP contribution in [-0.2, 0) is 16.6 Å². The average Bonchev–Trinajstić information content (AvgIpc) is 2.63. The number of aryl methyl sites for hydroxylation is 1. The maximum absolute atomic E-state index is 12.1. The Hall–Kier alpha value is -2.45. The van der Waals surface area contributed by atoms with Gasteiger partial charge in [-0.05, 0) is 30.2 Å². The van der Waals surface area contributed by atoms with E-state index in [2.05, 4.69) is 44.4 Å². The first-order valence-corrected chi connectivity index (χ1v) is 9.40. The molecule has 2 aromatic rings. The number of hydrogen-bond donors (Lipinski definition) is 3. The van der Waals surface area contributed by atoms with Gasteiger partial charge in [-0.2, -0.15) is 0 Å². The first-order valence-electron chi connectivity index (χ1n) is 7.91. The van der Waals surface area contributed by atoms with Crippen LogP contribution in [0.15, 0.2) is 58.7 Å². The normalized spacial score (nSPS) is 12.0. The van der Waals surface area contributed by atoms with Gasteiger partial charge in [0.2, 0.25) is 10.0 Å². The minimum Gasteiger partial charge on any atom is -0.355 e. The van der Waals surface area contributed by atoms with E-state index in [0.717, 1.165) is 0 Å². The molecule has 0 spiro atoms. The number of aromatic nitrogens is 1. The van der Waals surface area contributed by atoms with Crippen LogP contribution >= 0.6 is 0 Å². The fraction of sp³-hybridized carbons (Fsp3) is 0.294. The van der Waals surface area contributed by atoms with Gasteiger partial charge in [0.05, 0.1) is 0 Å². The van der Waals surface area contributed by atoms with E-state index in [1.54, 1.807) is 13.1 Å². The zero-order chi connectivity index (χ0) is 18.1. The van der Waals surface area contributed by atoms with E-state index in [1.165, 1.54) is 29.6 Å². The van der Waals surface area contributed by atoms with E-state index in [-0.39, 0.29) is 11.4 Å². The molecule has 0 radical (unpaired) electrons. The Balaban J connectivity index is 1.77. The topological polar surface area (TPSA) is 95.5 Å². The van der Waals surface area contributed by atoms with Crippen molar-refractivity contribution in [2.45, 2.75) is 18.4 Å². The van der Waals surface area contributed by atoms with Crippen LogP contribution in [0.25, 0.3) is 0 Å². The third-order valence-corrected chi connectivity index (χ3v) is 5.03. The second-order valence-electron chi connectivity index (χ2n) is 5.37. The molecule has 0 saturated heterocycles. The molecule has 0 aliphatic heterocycles. The molecule has 0 atom stereocenters. The number of guanidine groups is 1. The Morgan fingerprint density at radius 1 is 1.12 bits per heavy atom. The number of nitrogens with zero attached hydrogens (tertiary/aromatic N) is 2. The Kier molecular flexibility index (Phi) is 6.91. The minimum absolute atomic E-state index is 0.150. The summed E-state index contributed by atoms with van der Waals surface area (Å²) in [6.07, 6.45) is 2.85. The number of sulfonamides is 1. The Bertz CT molecular complexity index is 807. The van der Waals surface area contributed by atoms with E-state index in [1.807, 2.05) is 12.1 Å². The Morgan fingerprint density at radius 3 is 2.60 bits per heavy atom. The first kappa shape index (κ1) is 18.9. The van der Waals surface area contributed by atoms with Crippen molar-refractivity contribution < 1.29 is 8.42 Å². The summed E-state index contributed by atoms with van der Waals surface area (Å²) in [7, 11) is -1.87. The molecule has 1 heterocycles. The standard InChI is InChI=1S/C17H23N5O2S/c1-14-6-3-4-7-15(14)12-21-17(18-2)20-10-11-22-25(23,24)16-8-5-9-19-13-16/h3-9,13,22H,10-12H2,1-2H3,(H2,18,20,21). The lowest BCUT2D eigenvalue weighted by molar-refractivity contribution is 0.580. The van der Waals surface area contributed by atoms with Gasteiger partial charge in [-0.15, -0.1) is 0 Å². The fourth-order valence-electron chi connectivity index (χ4n) is 2.16. The molecular formula is C17H23N5O2S. The van der Waals surface area contributed by atoms with E-state index in [9.17, 15) is 8.42 Å². The molecule has 0 saturated carbocycles. The van der Waals surface area contributed by atoms with Crippen LogP contribution in [0.5, 0.6) is 0 Å². The number of pyridine rings is 1. The predicted molar refractivity (Wildman–Crippen MR) is 98.8 cm³/mol. The van der Waals surface area contributed by atoms with Gasteiger partial charge in [0.1, 0.15) is 4.90 Å². The average molecular weight is 361 g/mol. The van der Waals surface area contributed by atoms with E-state index in [0.29, 0.717) is 19.0 Å². The zero-order valence-corrected chi connectivity index (χ0v) is 15.2. The van der Waals surface area contributed by atoms with Gasteiger partial charge >= 0.3 is 0 Å². The lowest BCUT2D eigenvalue weighted by Crippen LogP contribution is -2.41. The molecule has 0 unspecified atom stereocenters. The molecule has 7 nitrogen and oxygen atoms in total. The van der Waals surface area contributed by atoms with Crippen molar-refractivity contribution >= 4 is 16.0 Å². The van der Waals surface area contributed by atoms with Crippen LogP contribution in [0.3, 0.4) is 0 Å². The molecule has 2 rings (SSSR count). The molecule has 0 fully saturated rings. The number of benzene rings is 1. The summed E-state index contributed by atoms with van der Waals surface area (Å²) < 4.78 is 26.7. The van der Waals surface area contributed by atoms with Gasteiger partial charge in [-0.1, -0.05) is 24.3 Å². The summed E-state index contributed by atoms with van der Waals surface area (Å²) in [4.78, 5) is 8.10. The third-order valence-electron chi connectivity index (χ3n) is 3.59. The largest absolute Gasteiger partial charge is 0.355 e. The summed E-state index contributed by atoms with van der Waals surface area (Å²) in [6.45, 7) is 3.35. The molecule has 0 aliphatic rings. The Morgan fingerprint density at radius 2 is 1.92 bits per heavy atom. The minimum atomic E-state index is -3.54. The van der Waals surface area contributed by atoms with Crippen LogP contribution in [0.1, 0.15) is 11.1 Å². The van der Waals surface area contributed by atoms with E-state index >= 15 is 0 Å². The highest BCUT2D eigenvalue weighted by Gasteiger charge is 2.12. The van der Waals surface area contributed by atoms with Crippen LogP contribution < -0.4 is 15.4 Å². The highest BCUT2D eigenvalue weighted by Crippen LogP contribution is 2.06. The molecule has 3 N–H and O–H groups in total. The fourth-order valence-corrected chi connectivity index (χ4v) is 3.16. The highest BCUT2D eigenvalue weighted by atomic mass is 32.2. The second-order valence-corrected chi connectivity index (χ2v) is 7.13. The van der Waals surface area contributed by atoms with Crippen molar-refractivity contribution in [3.63, 3.8) is 0 Å². The monoisotopic (exact) mass is 361 g/mol. The van der Waals surface area contributed by atoms with E-state index in [4.69, 9.17) is 0 Å². The van der Waals surface area contributed by atoms with Gasteiger partial charge in [-0.3, -0.25) is 9.98 Å². The zero-order valence-electron chi connectivity index (χ0n) is 14.4. The van der Waals surface area contributed by atoms with Gasteiger partial charge in [0.15, 0.2) is 5.96 Å². The molecule has 8 heteroatoms. The molecular weight excluding hydrogens is 338 g/mol. The quantitative estimate of drug-likeness (QED) is 0.389. The summed E-state index contributed by atoms with van der Waals surface area (Å²) in [5.74, 6) is 0.615. The van der Waals surface area contributed by atoms with Crippen LogP contribution in [0.4, 0.5) is 0 Å². The lowest BCUT2D eigenvalue weighted by Gasteiger charge is -2.13. The smallest absolute Gasteiger partial charge is 0.242 e.